The molecule has 0 radical (unpaired) electrons. The predicted octanol–water partition coefficient (Wildman–Crippen LogP) is -2.99. The van der Waals surface area contributed by atoms with Crippen LogP contribution in [0.15, 0.2) is 30.3 Å². The third-order valence-electron chi connectivity index (χ3n) is 4.06. The second kappa shape index (κ2) is 12.8. The van der Waals surface area contributed by atoms with E-state index in [1.165, 1.54) is 0 Å². The molecule has 3 amide bonds. The molecule has 0 saturated carbocycles. The molecule has 0 fully saturated rings. The number of nitrogens with one attached hydrogen (secondary N) is 3. The van der Waals surface area contributed by atoms with E-state index in [1.54, 1.807) is 24.3 Å². The first kappa shape index (κ1) is 25.4. The number of carboxylic acid groups (broad SMARTS) is 1. The molecule has 0 heterocycles. The molecule has 0 aliphatic heterocycles. The van der Waals surface area contributed by atoms with Gasteiger partial charge in [-0.25, -0.2) is 4.79 Å². The Morgan fingerprint density at radius 2 is 1.37 bits per heavy atom. The SMILES string of the molecule is NC(Cc1ccccc1)C(=O)NC(CS)C(=O)NC(CO)C(=O)NC(CO)C(=O)O. The number of aliphatic hydroxyl groups excluding tert-OH is 2. The van der Waals surface area contributed by atoms with Crippen LogP contribution >= 0.6 is 12.6 Å². The quantitative estimate of drug-likeness (QED) is 0.157. The Morgan fingerprint density at radius 1 is 0.867 bits per heavy atom. The fraction of sp³-hybridized carbons (Fsp3) is 0.444. The second-order valence-electron chi connectivity index (χ2n) is 6.37. The van der Waals surface area contributed by atoms with Crippen LogP contribution in [0, 0.1) is 0 Å². The molecule has 0 aromatic heterocycles. The lowest BCUT2D eigenvalue weighted by Gasteiger charge is -2.23. The highest BCUT2D eigenvalue weighted by Gasteiger charge is 2.29. The average molecular weight is 442 g/mol. The van der Waals surface area contributed by atoms with Crippen molar-refractivity contribution in [1.82, 2.24) is 16.0 Å². The summed E-state index contributed by atoms with van der Waals surface area (Å²) in [6.45, 7) is -1.71. The summed E-state index contributed by atoms with van der Waals surface area (Å²) in [5, 5.41) is 33.7. The number of rotatable bonds is 12. The van der Waals surface area contributed by atoms with Gasteiger partial charge in [0, 0.05) is 5.75 Å². The van der Waals surface area contributed by atoms with Gasteiger partial charge < -0.3 is 37.0 Å². The highest BCUT2D eigenvalue weighted by molar-refractivity contribution is 7.80. The van der Waals surface area contributed by atoms with Crippen molar-refractivity contribution < 1.29 is 34.5 Å². The molecule has 30 heavy (non-hydrogen) atoms. The summed E-state index contributed by atoms with van der Waals surface area (Å²) in [6.07, 6.45) is 0.243. The zero-order chi connectivity index (χ0) is 22.7. The number of benzene rings is 1. The maximum atomic E-state index is 12.4. The van der Waals surface area contributed by atoms with Gasteiger partial charge in [-0.3, -0.25) is 14.4 Å². The van der Waals surface area contributed by atoms with Crippen molar-refractivity contribution in [3.05, 3.63) is 35.9 Å². The Labute approximate surface area is 178 Å². The third kappa shape index (κ3) is 7.99. The Kier molecular flexibility index (Phi) is 10.8. The lowest BCUT2D eigenvalue weighted by atomic mass is 10.1. The fourth-order valence-electron chi connectivity index (χ4n) is 2.36. The molecule has 0 aliphatic rings. The molecule has 4 atom stereocenters. The molecule has 166 valence electrons. The number of carbonyl (C=O) groups is 4. The molecule has 0 saturated heterocycles. The van der Waals surface area contributed by atoms with Gasteiger partial charge in [-0.05, 0) is 12.0 Å². The van der Waals surface area contributed by atoms with E-state index in [1.807, 2.05) is 11.4 Å². The predicted molar refractivity (Wildman–Crippen MR) is 110 cm³/mol. The molecule has 12 heteroatoms. The zero-order valence-electron chi connectivity index (χ0n) is 16.0. The van der Waals surface area contributed by atoms with Gasteiger partial charge >= 0.3 is 5.97 Å². The summed E-state index contributed by atoms with van der Waals surface area (Å²) in [4.78, 5) is 47.6. The number of carboxylic acids is 1. The van der Waals surface area contributed by atoms with Gasteiger partial charge in [0.15, 0.2) is 0 Å². The maximum Gasteiger partial charge on any atom is 0.328 e. The number of aliphatic carboxylic acids is 1. The van der Waals surface area contributed by atoms with E-state index in [2.05, 4.69) is 23.3 Å². The topological polar surface area (TPSA) is 191 Å². The number of amides is 3. The molecule has 8 N–H and O–H groups in total. The van der Waals surface area contributed by atoms with E-state index in [-0.39, 0.29) is 12.2 Å². The van der Waals surface area contributed by atoms with Crippen LogP contribution in [0.4, 0.5) is 0 Å². The van der Waals surface area contributed by atoms with Gasteiger partial charge in [-0.2, -0.15) is 12.6 Å². The van der Waals surface area contributed by atoms with E-state index in [0.29, 0.717) is 0 Å². The largest absolute Gasteiger partial charge is 0.480 e. The highest BCUT2D eigenvalue weighted by atomic mass is 32.1. The minimum atomic E-state index is -1.60. The number of hydrogen-bond acceptors (Lipinski definition) is 8. The van der Waals surface area contributed by atoms with Gasteiger partial charge in [0.25, 0.3) is 0 Å². The first-order chi connectivity index (χ1) is 14.2. The minimum absolute atomic E-state index is 0.121. The summed E-state index contributed by atoms with van der Waals surface area (Å²) in [7, 11) is 0. The van der Waals surface area contributed by atoms with Crippen molar-refractivity contribution in [1.29, 1.82) is 0 Å². The van der Waals surface area contributed by atoms with Crippen molar-refractivity contribution in [3.8, 4) is 0 Å². The lowest BCUT2D eigenvalue weighted by Crippen LogP contribution is -2.59. The number of hydrogen-bond donors (Lipinski definition) is 8. The smallest absolute Gasteiger partial charge is 0.328 e. The molecule has 11 nitrogen and oxygen atoms in total. The van der Waals surface area contributed by atoms with Gasteiger partial charge in [0.2, 0.25) is 17.7 Å². The zero-order valence-corrected chi connectivity index (χ0v) is 16.9. The van der Waals surface area contributed by atoms with Crippen LogP contribution in [0.25, 0.3) is 0 Å². The van der Waals surface area contributed by atoms with Crippen LogP contribution in [0.3, 0.4) is 0 Å². The minimum Gasteiger partial charge on any atom is -0.480 e. The summed E-state index contributed by atoms with van der Waals surface area (Å²) < 4.78 is 0. The molecule has 1 aromatic carbocycles. The normalized spacial score (nSPS) is 14.7. The monoisotopic (exact) mass is 442 g/mol. The fourth-order valence-corrected chi connectivity index (χ4v) is 2.61. The summed E-state index contributed by atoms with van der Waals surface area (Å²) in [6, 6.07) is 3.85. The highest BCUT2D eigenvalue weighted by Crippen LogP contribution is 2.03. The molecular formula is C18H26N4O7S. The van der Waals surface area contributed by atoms with E-state index >= 15 is 0 Å². The second-order valence-corrected chi connectivity index (χ2v) is 6.73. The summed E-state index contributed by atoms with van der Waals surface area (Å²) >= 11 is 4.01. The molecule has 1 aromatic rings. The molecule has 1 rings (SSSR count). The van der Waals surface area contributed by atoms with Crippen LogP contribution in [0.5, 0.6) is 0 Å². The van der Waals surface area contributed by atoms with Crippen molar-refractivity contribution >= 4 is 36.3 Å². The van der Waals surface area contributed by atoms with Crippen LogP contribution in [-0.4, -0.2) is 82.1 Å². The number of aliphatic hydroxyl groups is 2. The van der Waals surface area contributed by atoms with Crippen LogP contribution in [0.1, 0.15) is 5.56 Å². The Hall–Kier alpha value is -2.67. The summed E-state index contributed by atoms with van der Waals surface area (Å²) in [5.41, 5.74) is 6.71. The number of nitrogens with two attached hydrogens (primary N) is 1. The van der Waals surface area contributed by atoms with Gasteiger partial charge in [-0.1, -0.05) is 30.3 Å². The van der Waals surface area contributed by atoms with Crippen molar-refractivity contribution in [2.24, 2.45) is 5.73 Å². The van der Waals surface area contributed by atoms with Crippen LogP contribution in [-0.2, 0) is 25.6 Å². The van der Waals surface area contributed by atoms with Crippen LogP contribution < -0.4 is 21.7 Å². The average Bonchev–Trinajstić information content (AvgIpc) is 2.73. The van der Waals surface area contributed by atoms with E-state index in [4.69, 9.17) is 15.9 Å². The molecule has 0 bridgehead atoms. The van der Waals surface area contributed by atoms with Crippen molar-refractivity contribution in [2.75, 3.05) is 19.0 Å². The first-order valence-electron chi connectivity index (χ1n) is 8.99. The molecule has 0 spiro atoms. The Bertz CT molecular complexity index is 735. The Morgan fingerprint density at radius 3 is 1.87 bits per heavy atom. The van der Waals surface area contributed by atoms with Crippen molar-refractivity contribution in [3.63, 3.8) is 0 Å². The molecule has 4 unspecified atom stereocenters. The van der Waals surface area contributed by atoms with E-state index in [0.717, 1.165) is 5.56 Å². The van der Waals surface area contributed by atoms with E-state index in [9.17, 15) is 24.3 Å². The maximum absolute atomic E-state index is 12.4. The lowest BCUT2D eigenvalue weighted by molar-refractivity contribution is -0.143. The third-order valence-corrected chi connectivity index (χ3v) is 4.43. The number of carbonyl (C=O) groups excluding carboxylic acids is 3. The Balaban J connectivity index is 2.68. The van der Waals surface area contributed by atoms with Gasteiger partial charge in [0.05, 0.1) is 19.3 Å². The van der Waals surface area contributed by atoms with Gasteiger partial charge in [-0.15, -0.1) is 0 Å². The molecule has 0 aliphatic carbocycles. The van der Waals surface area contributed by atoms with Crippen LogP contribution in [0.2, 0.25) is 0 Å². The van der Waals surface area contributed by atoms with E-state index < -0.39 is 61.1 Å². The van der Waals surface area contributed by atoms with Gasteiger partial charge in [0.1, 0.15) is 18.1 Å². The summed E-state index contributed by atoms with van der Waals surface area (Å²) in [5.74, 6) is -4.05. The molecular weight excluding hydrogens is 416 g/mol. The van der Waals surface area contributed by atoms with Crippen molar-refractivity contribution in [2.45, 2.75) is 30.6 Å². The number of thiol groups is 1. The standard InChI is InChI=1S/C18H26N4O7S/c19-11(6-10-4-2-1-3-5-10)15(25)22-14(9-30)17(27)20-12(7-23)16(26)21-13(8-24)18(28)29/h1-5,11-14,23-24,30H,6-9,19H2,(H,20,27)(H,21,26)(H,22,25)(H,28,29). The first-order valence-corrected chi connectivity index (χ1v) is 9.62.